The molecule has 5 heteroatoms. The number of nitrogens with zero attached hydrogens (tertiary/aromatic N) is 2. The van der Waals surface area contributed by atoms with Crippen LogP contribution in [0.15, 0.2) is 24.5 Å². The quantitative estimate of drug-likeness (QED) is 0.628. The first-order valence-corrected chi connectivity index (χ1v) is 6.38. The molecule has 0 atom stereocenters. The van der Waals surface area contributed by atoms with Crippen LogP contribution in [0.3, 0.4) is 0 Å². The van der Waals surface area contributed by atoms with Crippen molar-refractivity contribution in [2.45, 2.75) is 12.8 Å². The molecule has 1 heterocycles. The monoisotopic (exact) mass is 261 g/mol. The van der Waals surface area contributed by atoms with E-state index in [9.17, 15) is 4.79 Å². The van der Waals surface area contributed by atoms with Gasteiger partial charge in [0.05, 0.1) is 30.9 Å². The van der Waals surface area contributed by atoms with Gasteiger partial charge in [0.2, 0.25) is 0 Å². The first kappa shape index (κ1) is 13.5. The highest BCUT2D eigenvalue weighted by Crippen LogP contribution is 2.13. The van der Waals surface area contributed by atoms with Gasteiger partial charge in [-0.1, -0.05) is 6.07 Å². The molecular formula is C14H19N3O2. The second-order valence-electron chi connectivity index (χ2n) is 4.50. The Morgan fingerprint density at radius 1 is 1.42 bits per heavy atom. The van der Waals surface area contributed by atoms with E-state index in [0.717, 1.165) is 24.0 Å². The lowest BCUT2D eigenvalue weighted by Gasteiger charge is -2.04. The third-order valence-electron chi connectivity index (χ3n) is 3.11. The Morgan fingerprint density at radius 2 is 2.26 bits per heavy atom. The molecule has 0 bridgehead atoms. The lowest BCUT2D eigenvalue weighted by atomic mass is 10.1. The molecule has 0 amide bonds. The normalized spacial score (nSPS) is 10.8. The van der Waals surface area contributed by atoms with Crippen molar-refractivity contribution in [3.05, 3.63) is 30.1 Å². The van der Waals surface area contributed by atoms with Gasteiger partial charge in [0.15, 0.2) is 0 Å². The zero-order valence-corrected chi connectivity index (χ0v) is 11.3. The fraction of sp³-hybridized carbons (Fsp3) is 0.429. The van der Waals surface area contributed by atoms with Crippen LogP contribution in [0.2, 0.25) is 0 Å². The van der Waals surface area contributed by atoms with Crippen molar-refractivity contribution >= 4 is 17.0 Å². The number of nitrogens with one attached hydrogen (secondary N) is 1. The Bertz CT molecular complexity index is 563. The number of ether oxygens (including phenoxy) is 1. The number of imidazole rings is 1. The zero-order chi connectivity index (χ0) is 13.7. The van der Waals surface area contributed by atoms with Gasteiger partial charge in [0, 0.05) is 13.6 Å². The molecule has 102 valence electrons. The summed E-state index contributed by atoms with van der Waals surface area (Å²) in [5, 5.41) is 3.23. The van der Waals surface area contributed by atoms with Crippen LogP contribution >= 0.6 is 0 Å². The van der Waals surface area contributed by atoms with Gasteiger partial charge in [-0.15, -0.1) is 0 Å². The smallest absolute Gasteiger partial charge is 0.306 e. The number of hydrogen-bond acceptors (Lipinski definition) is 4. The van der Waals surface area contributed by atoms with Crippen molar-refractivity contribution in [3.8, 4) is 0 Å². The Kier molecular flexibility index (Phi) is 4.52. The fourth-order valence-corrected chi connectivity index (χ4v) is 1.99. The summed E-state index contributed by atoms with van der Waals surface area (Å²) >= 11 is 0. The number of rotatable bonds is 6. The summed E-state index contributed by atoms with van der Waals surface area (Å²) < 4.78 is 6.58. The van der Waals surface area contributed by atoms with Gasteiger partial charge in [0.25, 0.3) is 0 Å². The minimum atomic E-state index is -0.178. The van der Waals surface area contributed by atoms with Crippen LogP contribution in [0.4, 0.5) is 0 Å². The molecule has 0 fully saturated rings. The molecule has 0 aliphatic carbocycles. The summed E-state index contributed by atoms with van der Waals surface area (Å²) in [6.07, 6.45) is 3.16. The molecule has 2 aromatic rings. The van der Waals surface area contributed by atoms with Crippen molar-refractivity contribution in [2.75, 3.05) is 20.2 Å². The maximum absolute atomic E-state index is 10.9. The van der Waals surface area contributed by atoms with Gasteiger partial charge >= 0.3 is 5.97 Å². The van der Waals surface area contributed by atoms with Crippen molar-refractivity contribution in [2.24, 2.45) is 7.05 Å². The lowest BCUT2D eigenvalue weighted by molar-refractivity contribution is -0.140. The maximum atomic E-state index is 10.9. The van der Waals surface area contributed by atoms with Gasteiger partial charge in [-0.05, 0) is 30.7 Å². The molecule has 19 heavy (non-hydrogen) atoms. The van der Waals surface area contributed by atoms with E-state index in [1.807, 2.05) is 17.9 Å². The average molecular weight is 261 g/mol. The summed E-state index contributed by atoms with van der Waals surface area (Å²) in [7, 11) is 3.40. The molecule has 0 unspecified atom stereocenters. The molecule has 1 N–H and O–H groups in total. The van der Waals surface area contributed by atoms with Crippen molar-refractivity contribution in [1.29, 1.82) is 0 Å². The number of fused-ring (bicyclic) bond motifs is 1. The van der Waals surface area contributed by atoms with Gasteiger partial charge in [-0.3, -0.25) is 4.79 Å². The minimum Gasteiger partial charge on any atom is -0.469 e. The number of hydrogen-bond donors (Lipinski definition) is 1. The second kappa shape index (κ2) is 6.33. The Morgan fingerprint density at radius 3 is 3.05 bits per heavy atom. The van der Waals surface area contributed by atoms with Crippen LogP contribution in [0.25, 0.3) is 11.0 Å². The largest absolute Gasteiger partial charge is 0.469 e. The van der Waals surface area contributed by atoms with Crippen LogP contribution in [0, 0.1) is 0 Å². The van der Waals surface area contributed by atoms with Crippen LogP contribution < -0.4 is 5.32 Å². The Labute approximate surface area is 112 Å². The Hall–Kier alpha value is -1.88. The topological polar surface area (TPSA) is 56.1 Å². The Balaban J connectivity index is 1.80. The van der Waals surface area contributed by atoms with E-state index in [1.54, 1.807) is 0 Å². The molecule has 1 aromatic carbocycles. The fourth-order valence-electron chi connectivity index (χ4n) is 1.99. The second-order valence-corrected chi connectivity index (χ2v) is 4.50. The minimum absolute atomic E-state index is 0.178. The molecule has 1 aromatic heterocycles. The van der Waals surface area contributed by atoms with E-state index in [0.29, 0.717) is 13.0 Å². The molecule has 0 spiro atoms. The number of methoxy groups -OCH3 is 1. The predicted molar refractivity (Wildman–Crippen MR) is 73.9 cm³/mol. The third kappa shape index (κ3) is 3.54. The molecule has 0 aliphatic heterocycles. The SMILES string of the molecule is COC(=O)CCNCCc1ccc2c(c1)ncn2C. The van der Waals surface area contributed by atoms with E-state index in [1.165, 1.54) is 12.7 Å². The van der Waals surface area contributed by atoms with Crippen LogP contribution in [-0.2, 0) is 23.0 Å². The molecule has 0 radical (unpaired) electrons. The standard InChI is InChI=1S/C14H19N3O2/c1-17-10-16-12-9-11(3-4-13(12)17)5-7-15-8-6-14(18)19-2/h3-4,9-10,15H,5-8H2,1-2H3. The highest BCUT2D eigenvalue weighted by Gasteiger charge is 2.02. The molecule has 2 rings (SSSR count). The first-order valence-electron chi connectivity index (χ1n) is 6.38. The summed E-state index contributed by atoms with van der Waals surface area (Å²) in [6.45, 7) is 1.49. The van der Waals surface area contributed by atoms with Crippen LogP contribution in [-0.4, -0.2) is 35.7 Å². The highest BCUT2D eigenvalue weighted by molar-refractivity contribution is 5.75. The number of carbonyl (C=O) groups excluding carboxylic acids is 1. The molecule has 0 saturated heterocycles. The number of aryl methyl sites for hydroxylation is 1. The van der Waals surface area contributed by atoms with Crippen molar-refractivity contribution < 1.29 is 9.53 Å². The number of esters is 1. The lowest BCUT2D eigenvalue weighted by Crippen LogP contribution is -2.21. The van der Waals surface area contributed by atoms with E-state index in [4.69, 9.17) is 0 Å². The summed E-state index contributed by atoms with van der Waals surface area (Å²) in [4.78, 5) is 15.3. The molecule has 5 nitrogen and oxygen atoms in total. The summed E-state index contributed by atoms with van der Waals surface area (Å²) in [5.74, 6) is -0.178. The van der Waals surface area contributed by atoms with Gasteiger partial charge < -0.3 is 14.6 Å². The molecular weight excluding hydrogens is 242 g/mol. The van der Waals surface area contributed by atoms with Gasteiger partial charge in [-0.2, -0.15) is 0 Å². The van der Waals surface area contributed by atoms with Crippen molar-refractivity contribution in [3.63, 3.8) is 0 Å². The first-order chi connectivity index (χ1) is 9.20. The molecule has 0 saturated carbocycles. The predicted octanol–water partition coefficient (Wildman–Crippen LogP) is 1.27. The maximum Gasteiger partial charge on any atom is 0.306 e. The van der Waals surface area contributed by atoms with Crippen molar-refractivity contribution in [1.82, 2.24) is 14.9 Å². The van der Waals surface area contributed by atoms with Gasteiger partial charge in [-0.25, -0.2) is 4.98 Å². The van der Waals surface area contributed by atoms with E-state index < -0.39 is 0 Å². The number of carbonyl (C=O) groups is 1. The van der Waals surface area contributed by atoms with E-state index in [-0.39, 0.29) is 5.97 Å². The summed E-state index contributed by atoms with van der Waals surface area (Å²) in [5.41, 5.74) is 3.41. The number of benzene rings is 1. The zero-order valence-electron chi connectivity index (χ0n) is 11.3. The van der Waals surface area contributed by atoms with Crippen LogP contribution in [0.1, 0.15) is 12.0 Å². The van der Waals surface area contributed by atoms with E-state index in [2.05, 4.69) is 33.2 Å². The summed E-state index contributed by atoms with van der Waals surface area (Å²) in [6, 6.07) is 6.31. The van der Waals surface area contributed by atoms with Gasteiger partial charge in [0.1, 0.15) is 0 Å². The number of aromatic nitrogens is 2. The van der Waals surface area contributed by atoms with Crippen LogP contribution in [0.5, 0.6) is 0 Å². The highest BCUT2D eigenvalue weighted by atomic mass is 16.5. The molecule has 0 aliphatic rings. The average Bonchev–Trinajstić information content (AvgIpc) is 2.79. The van der Waals surface area contributed by atoms with E-state index >= 15 is 0 Å². The third-order valence-corrected chi connectivity index (χ3v) is 3.11.